The number of ether oxygens (including phenoxy) is 2. The Hall–Kier alpha value is -4.14. The monoisotopic (exact) mass is 419 g/mol. The molecule has 31 heavy (non-hydrogen) atoms. The van der Waals surface area contributed by atoms with Crippen molar-refractivity contribution in [2.24, 2.45) is 0 Å². The molecule has 1 amide bonds. The van der Waals surface area contributed by atoms with Crippen LogP contribution in [0.5, 0.6) is 11.5 Å². The summed E-state index contributed by atoms with van der Waals surface area (Å²) in [7, 11) is 3.17. The molecule has 0 fully saturated rings. The van der Waals surface area contributed by atoms with Gasteiger partial charge in [0.1, 0.15) is 23.9 Å². The molecule has 0 aliphatic rings. The van der Waals surface area contributed by atoms with Crippen LogP contribution in [0, 0.1) is 6.92 Å². The lowest BCUT2D eigenvalue weighted by molar-refractivity contribution is -0.117. The second-order valence-electron chi connectivity index (χ2n) is 6.83. The quantitative estimate of drug-likeness (QED) is 0.516. The van der Waals surface area contributed by atoms with Crippen LogP contribution in [0.4, 0.5) is 5.69 Å². The number of methoxy groups -OCH3 is 2. The number of hydrogen-bond acceptors (Lipinski definition) is 6. The Morgan fingerprint density at radius 2 is 1.61 bits per heavy atom. The molecule has 0 bridgehead atoms. The van der Waals surface area contributed by atoms with Crippen LogP contribution in [0.1, 0.15) is 5.82 Å². The van der Waals surface area contributed by atoms with E-state index in [9.17, 15) is 9.59 Å². The van der Waals surface area contributed by atoms with Gasteiger partial charge < -0.3 is 14.8 Å². The zero-order chi connectivity index (χ0) is 22.0. The molecule has 0 aliphatic heterocycles. The fraction of sp³-hybridized carbons (Fsp3) is 0.182. The molecule has 0 unspecified atom stereocenters. The first-order valence-corrected chi connectivity index (χ1v) is 9.54. The molecule has 9 heteroatoms. The minimum Gasteiger partial charge on any atom is -0.497 e. The van der Waals surface area contributed by atoms with E-state index in [0.717, 1.165) is 16.0 Å². The van der Waals surface area contributed by atoms with Gasteiger partial charge in [-0.3, -0.25) is 4.79 Å². The second kappa shape index (κ2) is 8.31. The minimum absolute atomic E-state index is 0.218. The maximum Gasteiger partial charge on any atom is 0.352 e. The molecule has 0 spiro atoms. The summed E-state index contributed by atoms with van der Waals surface area (Å²) in [5, 5.41) is 7.07. The lowest BCUT2D eigenvalue weighted by Crippen LogP contribution is -2.28. The molecule has 0 atom stereocenters. The molecular weight excluding hydrogens is 398 g/mol. The first kappa shape index (κ1) is 20.1. The van der Waals surface area contributed by atoms with E-state index in [0.29, 0.717) is 28.6 Å². The average molecular weight is 419 g/mol. The molecule has 4 rings (SSSR count). The van der Waals surface area contributed by atoms with Crippen LogP contribution < -0.4 is 20.5 Å². The summed E-state index contributed by atoms with van der Waals surface area (Å²) in [6.07, 6.45) is 0. The largest absolute Gasteiger partial charge is 0.497 e. The summed E-state index contributed by atoms with van der Waals surface area (Å²) >= 11 is 0. The number of nitrogens with one attached hydrogen (secondary N) is 1. The summed E-state index contributed by atoms with van der Waals surface area (Å²) in [6.45, 7) is 1.51. The second-order valence-corrected chi connectivity index (χ2v) is 6.83. The van der Waals surface area contributed by atoms with Gasteiger partial charge >= 0.3 is 5.69 Å². The Bertz CT molecular complexity index is 1290. The van der Waals surface area contributed by atoms with E-state index in [-0.39, 0.29) is 12.5 Å². The molecule has 2 aromatic heterocycles. The van der Waals surface area contributed by atoms with Crippen molar-refractivity contribution in [3.8, 4) is 22.8 Å². The molecular formula is C22H21N5O4. The molecule has 0 aliphatic carbocycles. The van der Waals surface area contributed by atoms with Crippen LogP contribution in [0.25, 0.3) is 16.9 Å². The van der Waals surface area contributed by atoms with E-state index in [1.807, 2.05) is 24.3 Å². The Balaban J connectivity index is 1.59. The predicted octanol–water partition coefficient (Wildman–Crippen LogP) is 2.52. The molecule has 9 nitrogen and oxygen atoms in total. The van der Waals surface area contributed by atoms with Gasteiger partial charge in [0.25, 0.3) is 0 Å². The summed E-state index contributed by atoms with van der Waals surface area (Å²) in [4.78, 5) is 29.7. The smallest absolute Gasteiger partial charge is 0.352 e. The number of aromatic nitrogens is 4. The van der Waals surface area contributed by atoms with Gasteiger partial charge in [0.05, 0.1) is 19.9 Å². The number of fused-ring (bicyclic) bond motifs is 1. The zero-order valence-corrected chi connectivity index (χ0v) is 17.3. The van der Waals surface area contributed by atoms with Crippen molar-refractivity contribution in [2.45, 2.75) is 13.5 Å². The molecule has 158 valence electrons. The Morgan fingerprint density at radius 3 is 2.23 bits per heavy atom. The number of benzene rings is 2. The fourth-order valence-electron chi connectivity index (χ4n) is 3.22. The number of rotatable bonds is 6. The third-order valence-electron chi connectivity index (χ3n) is 4.79. The Morgan fingerprint density at radius 1 is 1.00 bits per heavy atom. The predicted molar refractivity (Wildman–Crippen MR) is 116 cm³/mol. The topological polar surface area (TPSA) is 99.8 Å². The van der Waals surface area contributed by atoms with Gasteiger partial charge in [-0.2, -0.15) is 0 Å². The van der Waals surface area contributed by atoms with Gasteiger partial charge in [-0.25, -0.2) is 18.9 Å². The molecule has 1 N–H and O–H groups in total. The van der Waals surface area contributed by atoms with E-state index in [1.165, 1.54) is 4.40 Å². The Labute approximate surface area is 177 Å². The van der Waals surface area contributed by atoms with Gasteiger partial charge in [-0.05, 0) is 55.5 Å². The molecule has 0 saturated carbocycles. The number of carbonyl (C=O) groups excluding carboxylic acids is 1. The van der Waals surface area contributed by atoms with Gasteiger partial charge in [0.2, 0.25) is 5.91 Å². The molecule has 0 radical (unpaired) electrons. The maximum atomic E-state index is 12.8. The highest BCUT2D eigenvalue weighted by atomic mass is 16.5. The van der Waals surface area contributed by atoms with Crippen LogP contribution >= 0.6 is 0 Å². The van der Waals surface area contributed by atoms with Gasteiger partial charge in [-0.15, -0.1) is 5.10 Å². The zero-order valence-electron chi connectivity index (χ0n) is 17.3. The molecule has 2 heterocycles. The van der Waals surface area contributed by atoms with Crippen molar-refractivity contribution < 1.29 is 14.3 Å². The van der Waals surface area contributed by atoms with Crippen molar-refractivity contribution in [2.75, 3.05) is 19.5 Å². The fourth-order valence-corrected chi connectivity index (χ4v) is 3.22. The molecule has 2 aromatic carbocycles. The van der Waals surface area contributed by atoms with Crippen molar-refractivity contribution in [1.29, 1.82) is 0 Å². The van der Waals surface area contributed by atoms with Gasteiger partial charge in [-0.1, -0.05) is 0 Å². The van der Waals surface area contributed by atoms with Crippen molar-refractivity contribution in [3.05, 3.63) is 70.9 Å². The van der Waals surface area contributed by atoms with Gasteiger partial charge in [0.15, 0.2) is 5.65 Å². The highest BCUT2D eigenvalue weighted by molar-refractivity contribution is 5.90. The lowest BCUT2D eigenvalue weighted by atomic mass is 10.1. The van der Waals surface area contributed by atoms with E-state index in [2.05, 4.69) is 15.4 Å². The lowest BCUT2D eigenvalue weighted by Gasteiger charge is -2.05. The highest BCUT2D eigenvalue weighted by Crippen LogP contribution is 2.22. The summed E-state index contributed by atoms with van der Waals surface area (Å²) < 4.78 is 12.8. The van der Waals surface area contributed by atoms with Crippen molar-refractivity contribution >= 4 is 17.2 Å². The maximum absolute atomic E-state index is 12.8. The minimum atomic E-state index is -0.425. The van der Waals surface area contributed by atoms with E-state index in [4.69, 9.17) is 9.47 Å². The van der Waals surface area contributed by atoms with E-state index < -0.39 is 5.69 Å². The summed E-state index contributed by atoms with van der Waals surface area (Å²) in [6, 6.07) is 16.1. The van der Waals surface area contributed by atoms with E-state index >= 15 is 0 Å². The average Bonchev–Trinajstić information content (AvgIpc) is 3.09. The summed E-state index contributed by atoms with van der Waals surface area (Å²) in [5.41, 5.74) is 2.13. The first-order chi connectivity index (χ1) is 15.0. The van der Waals surface area contributed by atoms with Crippen LogP contribution in [-0.4, -0.2) is 39.3 Å². The number of amides is 1. The number of carbonyl (C=O) groups is 1. The highest BCUT2D eigenvalue weighted by Gasteiger charge is 2.15. The number of nitrogens with zero attached hydrogens (tertiary/aromatic N) is 4. The summed E-state index contributed by atoms with van der Waals surface area (Å²) in [5.74, 6) is 1.54. The van der Waals surface area contributed by atoms with Crippen LogP contribution in [0.3, 0.4) is 0 Å². The number of anilines is 1. The standard InChI is InChI=1S/C22H21N5O4/c1-14-23-19(15-4-8-17(30-2)9-5-15)12-20-25-26(22(29)27(14)20)13-21(28)24-16-6-10-18(31-3)11-7-16/h4-12H,13H2,1-3H3,(H,24,28). The number of aryl methyl sites for hydroxylation is 1. The van der Waals surface area contributed by atoms with Gasteiger partial charge in [0, 0.05) is 17.3 Å². The van der Waals surface area contributed by atoms with Crippen molar-refractivity contribution in [1.82, 2.24) is 19.2 Å². The van der Waals surface area contributed by atoms with E-state index in [1.54, 1.807) is 51.5 Å². The molecule has 0 saturated heterocycles. The Kier molecular flexibility index (Phi) is 5.40. The normalized spacial score (nSPS) is 10.8. The third-order valence-corrected chi connectivity index (χ3v) is 4.79. The van der Waals surface area contributed by atoms with Crippen molar-refractivity contribution in [3.63, 3.8) is 0 Å². The van der Waals surface area contributed by atoms with Crippen LogP contribution in [0.15, 0.2) is 59.4 Å². The number of hydrogen-bond donors (Lipinski definition) is 1. The van der Waals surface area contributed by atoms with Crippen LogP contribution in [0.2, 0.25) is 0 Å². The molecule has 4 aromatic rings. The SMILES string of the molecule is COc1ccc(NC(=O)Cn2nc3cc(-c4ccc(OC)cc4)nc(C)n3c2=O)cc1. The first-order valence-electron chi connectivity index (χ1n) is 9.54. The van der Waals surface area contributed by atoms with Crippen LogP contribution in [-0.2, 0) is 11.3 Å². The third kappa shape index (κ3) is 4.11.